The van der Waals surface area contributed by atoms with Gasteiger partial charge in [0.25, 0.3) is 0 Å². The summed E-state index contributed by atoms with van der Waals surface area (Å²) in [5, 5.41) is 10.9. The van der Waals surface area contributed by atoms with Crippen LogP contribution in [0.4, 0.5) is 13.2 Å². The molecule has 1 aliphatic rings. The number of aliphatic hydroxyl groups excluding tert-OH is 1. The minimum atomic E-state index is -4.66. The van der Waals surface area contributed by atoms with Crippen LogP contribution < -0.4 is 5.32 Å². The number of alkyl halides is 3. The molecule has 0 bridgehead atoms. The third-order valence-corrected chi connectivity index (χ3v) is 1.98. The fraction of sp³-hybridized carbons (Fsp3) is 0.857. The average Bonchev–Trinajstić information content (AvgIpc) is 2.01. The maximum absolute atomic E-state index is 12.0. The predicted octanol–water partition coefficient (Wildman–Crippen LogP) is 0.578. The van der Waals surface area contributed by atoms with Crippen LogP contribution in [0.25, 0.3) is 0 Å². The van der Waals surface area contributed by atoms with Gasteiger partial charge in [0.15, 0.2) is 6.10 Å². The van der Waals surface area contributed by atoms with Crippen molar-refractivity contribution in [3.8, 4) is 0 Å². The van der Waals surface area contributed by atoms with Crippen molar-refractivity contribution >= 4 is 5.91 Å². The molecular formula is C7H10F3NO2. The Morgan fingerprint density at radius 2 is 2.15 bits per heavy atom. The van der Waals surface area contributed by atoms with Crippen LogP contribution in [0.5, 0.6) is 0 Å². The summed E-state index contributed by atoms with van der Waals surface area (Å²) in [5.74, 6) is -0.431. The van der Waals surface area contributed by atoms with Crippen molar-refractivity contribution in [1.29, 1.82) is 0 Å². The Morgan fingerprint density at radius 3 is 2.62 bits per heavy atom. The maximum Gasteiger partial charge on any atom is 0.416 e. The van der Waals surface area contributed by atoms with Crippen LogP contribution in [-0.2, 0) is 4.79 Å². The van der Waals surface area contributed by atoms with E-state index in [1.807, 2.05) is 0 Å². The molecule has 76 valence electrons. The van der Waals surface area contributed by atoms with E-state index in [0.717, 1.165) is 0 Å². The third kappa shape index (κ3) is 2.58. The molecule has 0 aliphatic carbocycles. The predicted molar refractivity (Wildman–Crippen MR) is 37.8 cm³/mol. The Hall–Kier alpha value is -0.780. The summed E-state index contributed by atoms with van der Waals surface area (Å²) >= 11 is 0. The van der Waals surface area contributed by atoms with E-state index < -0.39 is 24.2 Å². The lowest BCUT2D eigenvalue weighted by Gasteiger charge is -2.28. The van der Waals surface area contributed by atoms with E-state index in [1.165, 1.54) is 0 Å². The van der Waals surface area contributed by atoms with Crippen LogP contribution in [0, 0.1) is 0 Å². The van der Waals surface area contributed by atoms with Gasteiger partial charge in [-0.3, -0.25) is 4.79 Å². The molecule has 0 aromatic heterocycles. The molecule has 0 saturated carbocycles. The molecular weight excluding hydrogens is 187 g/mol. The molecule has 1 heterocycles. The van der Waals surface area contributed by atoms with Crippen molar-refractivity contribution in [3.05, 3.63) is 0 Å². The van der Waals surface area contributed by atoms with Gasteiger partial charge >= 0.3 is 6.18 Å². The molecule has 0 radical (unpaired) electrons. The number of rotatable bonds is 1. The molecule has 0 aromatic carbocycles. The first-order chi connectivity index (χ1) is 5.91. The maximum atomic E-state index is 12.0. The zero-order valence-corrected chi connectivity index (χ0v) is 6.77. The fourth-order valence-corrected chi connectivity index (χ4v) is 1.30. The van der Waals surface area contributed by atoms with Gasteiger partial charge in [-0.15, -0.1) is 0 Å². The molecule has 6 heteroatoms. The van der Waals surface area contributed by atoms with E-state index in [2.05, 4.69) is 5.32 Å². The van der Waals surface area contributed by atoms with Gasteiger partial charge in [-0.25, -0.2) is 0 Å². The summed E-state index contributed by atoms with van der Waals surface area (Å²) in [7, 11) is 0. The molecule has 0 spiro atoms. The summed E-state index contributed by atoms with van der Waals surface area (Å²) in [6.45, 7) is 0. The Labute approximate surface area is 72.9 Å². The van der Waals surface area contributed by atoms with E-state index >= 15 is 0 Å². The van der Waals surface area contributed by atoms with Gasteiger partial charge in [0, 0.05) is 6.42 Å². The van der Waals surface area contributed by atoms with Crippen LogP contribution in [0.2, 0.25) is 0 Å². The highest BCUT2D eigenvalue weighted by atomic mass is 19.4. The van der Waals surface area contributed by atoms with E-state index in [0.29, 0.717) is 6.42 Å². The summed E-state index contributed by atoms with van der Waals surface area (Å²) in [4.78, 5) is 10.7. The zero-order chi connectivity index (χ0) is 10.1. The number of halogens is 3. The lowest BCUT2D eigenvalue weighted by molar-refractivity contribution is -0.213. The Bertz CT molecular complexity index is 204. The average molecular weight is 197 g/mol. The van der Waals surface area contributed by atoms with Crippen LogP contribution in [0.15, 0.2) is 0 Å². The molecule has 2 N–H and O–H groups in total. The van der Waals surface area contributed by atoms with Crippen molar-refractivity contribution < 1.29 is 23.1 Å². The van der Waals surface area contributed by atoms with Crippen molar-refractivity contribution in [2.45, 2.75) is 37.6 Å². The van der Waals surface area contributed by atoms with E-state index in [4.69, 9.17) is 5.11 Å². The smallest absolute Gasteiger partial charge is 0.382 e. The van der Waals surface area contributed by atoms with E-state index in [1.54, 1.807) is 0 Å². The quantitative estimate of drug-likeness (QED) is 0.646. The molecule has 1 fully saturated rings. The SMILES string of the molecule is O=C1CCCC(C(O)C(F)(F)F)N1. The number of aliphatic hydroxyl groups is 1. The lowest BCUT2D eigenvalue weighted by Crippen LogP contribution is -2.51. The Morgan fingerprint density at radius 1 is 1.54 bits per heavy atom. The fourth-order valence-electron chi connectivity index (χ4n) is 1.30. The Balaban J connectivity index is 2.56. The molecule has 2 atom stereocenters. The standard InChI is InChI=1S/C7H10F3NO2/c8-7(9,10)6(13)4-2-1-3-5(12)11-4/h4,6,13H,1-3H2,(H,11,12). The van der Waals surface area contributed by atoms with Crippen LogP contribution >= 0.6 is 0 Å². The summed E-state index contributed by atoms with van der Waals surface area (Å²) in [5.41, 5.74) is 0. The van der Waals surface area contributed by atoms with Gasteiger partial charge in [0.05, 0.1) is 6.04 Å². The van der Waals surface area contributed by atoms with Crippen LogP contribution in [-0.4, -0.2) is 29.3 Å². The van der Waals surface area contributed by atoms with Gasteiger partial charge in [-0.05, 0) is 12.8 Å². The minimum absolute atomic E-state index is 0.173. The number of carbonyl (C=O) groups excluding carboxylic acids is 1. The monoisotopic (exact) mass is 197 g/mol. The molecule has 2 unspecified atom stereocenters. The third-order valence-electron chi connectivity index (χ3n) is 1.98. The molecule has 3 nitrogen and oxygen atoms in total. The molecule has 1 saturated heterocycles. The molecule has 1 amide bonds. The van der Waals surface area contributed by atoms with Gasteiger partial charge in [-0.2, -0.15) is 13.2 Å². The number of hydrogen-bond acceptors (Lipinski definition) is 2. The zero-order valence-electron chi connectivity index (χ0n) is 6.77. The summed E-state index contributed by atoms with van der Waals surface area (Å²) in [6.07, 6.45) is -6.30. The van der Waals surface area contributed by atoms with E-state index in [9.17, 15) is 18.0 Å². The first kappa shape index (κ1) is 10.3. The second-order valence-corrected chi connectivity index (χ2v) is 3.05. The summed E-state index contributed by atoms with van der Waals surface area (Å²) < 4.78 is 35.9. The van der Waals surface area contributed by atoms with Crippen molar-refractivity contribution in [1.82, 2.24) is 5.32 Å². The first-order valence-electron chi connectivity index (χ1n) is 3.95. The number of amides is 1. The van der Waals surface area contributed by atoms with Crippen molar-refractivity contribution in [2.24, 2.45) is 0 Å². The molecule has 0 aromatic rings. The second-order valence-electron chi connectivity index (χ2n) is 3.05. The highest BCUT2D eigenvalue weighted by Gasteiger charge is 2.44. The topological polar surface area (TPSA) is 49.3 Å². The highest BCUT2D eigenvalue weighted by molar-refractivity contribution is 5.77. The van der Waals surface area contributed by atoms with E-state index in [-0.39, 0.29) is 12.8 Å². The van der Waals surface area contributed by atoms with Gasteiger partial charge in [-0.1, -0.05) is 0 Å². The highest BCUT2D eigenvalue weighted by Crippen LogP contribution is 2.25. The summed E-state index contributed by atoms with van der Waals surface area (Å²) in [6, 6.07) is -1.18. The molecule has 1 aliphatic heterocycles. The van der Waals surface area contributed by atoms with Gasteiger partial charge < -0.3 is 10.4 Å². The van der Waals surface area contributed by atoms with Crippen LogP contribution in [0.3, 0.4) is 0 Å². The number of piperidine rings is 1. The first-order valence-corrected chi connectivity index (χ1v) is 3.95. The molecule has 1 rings (SSSR count). The van der Waals surface area contributed by atoms with Crippen LogP contribution in [0.1, 0.15) is 19.3 Å². The lowest BCUT2D eigenvalue weighted by atomic mass is 9.99. The van der Waals surface area contributed by atoms with Crippen molar-refractivity contribution in [2.75, 3.05) is 0 Å². The normalized spacial score (nSPS) is 26.8. The number of carbonyl (C=O) groups is 1. The number of nitrogens with one attached hydrogen (secondary N) is 1. The molecule has 13 heavy (non-hydrogen) atoms. The van der Waals surface area contributed by atoms with Crippen molar-refractivity contribution in [3.63, 3.8) is 0 Å². The van der Waals surface area contributed by atoms with Gasteiger partial charge in [0.2, 0.25) is 5.91 Å². The number of hydrogen-bond donors (Lipinski definition) is 2. The Kier molecular flexibility index (Phi) is 2.80. The largest absolute Gasteiger partial charge is 0.416 e. The second kappa shape index (κ2) is 3.53. The minimum Gasteiger partial charge on any atom is -0.382 e. The van der Waals surface area contributed by atoms with Gasteiger partial charge in [0.1, 0.15) is 0 Å².